The summed E-state index contributed by atoms with van der Waals surface area (Å²) in [4.78, 5) is 11.3. The highest BCUT2D eigenvalue weighted by Crippen LogP contribution is 2.20. The Hall–Kier alpha value is -1.24. The molecule has 1 N–H and O–H groups in total. The lowest BCUT2D eigenvalue weighted by molar-refractivity contribution is 0.0958. The van der Waals surface area contributed by atoms with Crippen LogP contribution in [0.5, 0.6) is 0 Å². The van der Waals surface area contributed by atoms with Crippen molar-refractivity contribution in [1.29, 1.82) is 5.26 Å². The van der Waals surface area contributed by atoms with E-state index in [1.54, 1.807) is 12.1 Å². The third-order valence-electron chi connectivity index (χ3n) is 1.50. The van der Waals surface area contributed by atoms with E-state index in [1.807, 2.05) is 0 Å². The maximum atomic E-state index is 11.3. The summed E-state index contributed by atoms with van der Waals surface area (Å²) >= 11 is 11.4. The molecule has 0 bridgehead atoms. The molecule has 0 unspecified atom stereocenters. The molecule has 0 aliphatic carbocycles. The van der Waals surface area contributed by atoms with Crippen LogP contribution in [0, 0.1) is 11.3 Å². The van der Waals surface area contributed by atoms with Crippen LogP contribution in [0.3, 0.4) is 0 Å². The summed E-state index contributed by atoms with van der Waals surface area (Å²) in [6.45, 7) is -0.0439. The van der Waals surface area contributed by atoms with Gasteiger partial charge in [0.25, 0.3) is 5.91 Å². The SMILES string of the molecule is N#CCNC(=O)c1ccc(Cl)cc1Cl. The number of rotatable bonds is 2. The first-order valence-electron chi connectivity index (χ1n) is 3.75. The number of carbonyl (C=O) groups is 1. The van der Waals surface area contributed by atoms with Crippen LogP contribution in [0.4, 0.5) is 0 Å². The first-order chi connectivity index (χ1) is 6.65. The fourth-order valence-corrected chi connectivity index (χ4v) is 1.38. The van der Waals surface area contributed by atoms with Crippen molar-refractivity contribution in [1.82, 2.24) is 5.32 Å². The molecule has 72 valence electrons. The van der Waals surface area contributed by atoms with Crippen molar-refractivity contribution in [3.8, 4) is 6.07 Å². The third kappa shape index (κ3) is 2.63. The molecule has 14 heavy (non-hydrogen) atoms. The fourth-order valence-electron chi connectivity index (χ4n) is 0.889. The highest BCUT2D eigenvalue weighted by atomic mass is 35.5. The van der Waals surface area contributed by atoms with Crippen LogP contribution in [-0.4, -0.2) is 12.5 Å². The van der Waals surface area contributed by atoms with Crippen LogP contribution < -0.4 is 5.32 Å². The Bertz CT molecular complexity index is 398. The molecular formula is C9H6Cl2N2O. The van der Waals surface area contributed by atoms with Gasteiger partial charge in [-0.3, -0.25) is 4.79 Å². The lowest BCUT2D eigenvalue weighted by Gasteiger charge is -2.03. The molecule has 0 saturated carbocycles. The van der Waals surface area contributed by atoms with Gasteiger partial charge in [-0.2, -0.15) is 5.26 Å². The normalized spacial score (nSPS) is 9.21. The van der Waals surface area contributed by atoms with Crippen LogP contribution >= 0.6 is 23.2 Å². The third-order valence-corrected chi connectivity index (χ3v) is 2.05. The van der Waals surface area contributed by atoms with Gasteiger partial charge in [0.05, 0.1) is 16.7 Å². The fraction of sp³-hybridized carbons (Fsp3) is 0.111. The molecule has 0 aliphatic rings. The van der Waals surface area contributed by atoms with Crippen molar-refractivity contribution >= 4 is 29.1 Å². The minimum atomic E-state index is -0.381. The second kappa shape index (κ2) is 4.85. The summed E-state index contributed by atoms with van der Waals surface area (Å²) in [7, 11) is 0. The van der Waals surface area contributed by atoms with Crippen molar-refractivity contribution in [3.63, 3.8) is 0 Å². The Morgan fingerprint density at radius 2 is 2.21 bits per heavy atom. The van der Waals surface area contributed by atoms with Gasteiger partial charge in [0, 0.05) is 5.02 Å². The average Bonchev–Trinajstić information content (AvgIpc) is 2.14. The summed E-state index contributed by atoms with van der Waals surface area (Å²) in [6, 6.07) is 6.35. The highest BCUT2D eigenvalue weighted by Gasteiger charge is 2.09. The first kappa shape index (κ1) is 10.8. The van der Waals surface area contributed by atoms with Crippen LogP contribution in [0.15, 0.2) is 18.2 Å². The molecule has 1 amide bonds. The summed E-state index contributed by atoms with van der Waals surface area (Å²) < 4.78 is 0. The first-order valence-corrected chi connectivity index (χ1v) is 4.51. The molecule has 1 aromatic rings. The van der Waals surface area contributed by atoms with Gasteiger partial charge in [0.2, 0.25) is 0 Å². The number of nitrogens with zero attached hydrogens (tertiary/aromatic N) is 1. The van der Waals surface area contributed by atoms with Crippen molar-refractivity contribution < 1.29 is 4.79 Å². The molecule has 0 saturated heterocycles. The van der Waals surface area contributed by atoms with Crippen LogP contribution in [-0.2, 0) is 0 Å². The summed E-state index contributed by atoms with van der Waals surface area (Å²) in [5.41, 5.74) is 0.311. The van der Waals surface area contributed by atoms with Crippen molar-refractivity contribution in [2.24, 2.45) is 0 Å². The van der Waals surface area contributed by atoms with Crippen LogP contribution in [0.1, 0.15) is 10.4 Å². The van der Waals surface area contributed by atoms with Crippen LogP contribution in [0.25, 0.3) is 0 Å². The molecule has 1 rings (SSSR count). The monoisotopic (exact) mass is 228 g/mol. The van der Waals surface area contributed by atoms with Gasteiger partial charge in [-0.05, 0) is 18.2 Å². The molecule has 0 radical (unpaired) electrons. The number of benzene rings is 1. The molecule has 0 aliphatic heterocycles. The molecule has 0 fully saturated rings. The largest absolute Gasteiger partial charge is 0.339 e. The quantitative estimate of drug-likeness (QED) is 0.790. The van der Waals surface area contributed by atoms with E-state index in [0.717, 1.165) is 0 Å². The number of nitrogens with one attached hydrogen (secondary N) is 1. The van der Waals surface area contributed by atoms with E-state index >= 15 is 0 Å². The Labute approximate surface area is 91.2 Å². The summed E-state index contributed by atoms with van der Waals surface area (Å²) in [5.74, 6) is -0.381. The van der Waals surface area contributed by atoms with E-state index in [0.29, 0.717) is 10.6 Å². The van der Waals surface area contributed by atoms with E-state index < -0.39 is 0 Å². The zero-order valence-electron chi connectivity index (χ0n) is 7.05. The molecule has 5 heteroatoms. The summed E-state index contributed by atoms with van der Waals surface area (Å²) in [5, 5.41) is 11.4. The Kier molecular flexibility index (Phi) is 3.75. The van der Waals surface area contributed by atoms with E-state index in [4.69, 9.17) is 28.5 Å². The lowest BCUT2D eigenvalue weighted by atomic mass is 10.2. The Morgan fingerprint density at radius 1 is 1.50 bits per heavy atom. The maximum absolute atomic E-state index is 11.3. The number of nitriles is 1. The standard InChI is InChI=1S/C9H6Cl2N2O/c10-6-1-2-7(8(11)5-6)9(14)13-4-3-12/h1-2,5H,4H2,(H,13,14). The second-order valence-corrected chi connectivity index (χ2v) is 3.31. The summed E-state index contributed by atoms with van der Waals surface area (Å²) in [6.07, 6.45) is 0. The minimum absolute atomic E-state index is 0.0439. The van der Waals surface area contributed by atoms with Gasteiger partial charge in [-0.15, -0.1) is 0 Å². The topological polar surface area (TPSA) is 52.9 Å². The smallest absolute Gasteiger partial charge is 0.253 e. The van der Waals surface area contributed by atoms with E-state index in [9.17, 15) is 4.79 Å². The van der Waals surface area contributed by atoms with Crippen molar-refractivity contribution in [2.45, 2.75) is 0 Å². The highest BCUT2D eigenvalue weighted by molar-refractivity contribution is 6.36. The zero-order valence-corrected chi connectivity index (χ0v) is 8.56. The minimum Gasteiger partial charge on any atom is -0.339 e. The molecule has 0 spiro atoms. The van der Waals surface area contributed by atoms with Gasteiger partial charge in [0.15, 0.2) is 0 Å². The maximum Gasteiger partial charge on any atom is 0.253 e. The molecule has 0 aromatic heterocycles. The van der Waals surface area contributed by atoms with Gasteiger partial charge in [-0.1, -0.05) is 23.2 Å². The predicted octanol–water partition coefficient (Wildman–Crippen LogP) is 2.25. The zero-order chi connectivity index (χ0) is 10.6. The van der Waals surface area contributed by atoms with E-state index in [1.165, 1.54) is 12.1 Å². The van der Waals surface area contributed by atoms with Crippen molar-refractivity contribution in [3.05, 3.63) is 33.8 Å². The Balaban J connectivity index is 2.86. The lowest BCUT2D eigenvalue weighted by Crippen LogP contribution is -2.23. The second-order valence-electron chi connectivity index (χ2n) is 2.46. The van der Waals surface area contributed by atoms with Gasteiger partial charge < -0.3 is 5.32 Å². The number of halogens is 2. The molecule has 0 atom stereocenters. The van der Waals surface area contributed by atoms with Gasteiger partial charge in [-0.25, -0.2) is 0 Å². The number of amides is 1. The molecular weight excluding hydrogens is 223 g/mol. The van der Waals surface area contributed by atoms with E-state index in [-0.39, 0.29) is 17.5 Å². The number of carbonyl (C=O) groups excluding carboxylic acids is 1. The van der Waals surface area contributed by atoms with Crippen molar-refractivity contribution in [2.75, 3.05) is 6.54 Å². The molecule has 1 aromatic carbocycles. The molecule has 0 heterocycles. The van der Waals surface area contributed by atoms with Crippen LogP contribution in [0.2, 0.25) is 10.0 Å². The Morgan fingerprint density at radius 3 is 2.79 bits per heavy atom. The predicted molar refractivity (Wildman–Crippen MR) is 54.4 cm³/mol. The van der Waals surface area contributed by atoms with Gasteiger partial charge in [0.1, 0.15) is 6.54 Å². The van der Waals surface area contributed by atoms with Gasteiger partial charge >= 0.3 is 0 Å². The number of hydrogen-bond donors (Lipinski definition) is 1. The molecule has 3 nitrogen and oxygen atoms in total. The number of hydrogen-bond acceptors (Lipinski definition) is 2. The van der Waals surface area contributed by atoms with E-state index in [2.05, 4.69) is 5.32 Å². The average molecular weight is 229 g/mol.